The van der Waals surface area contributed by atoms with Crippen molar-refractivity contribution in [2.45, 2.75) is 32.5 Å². The number of ether oxygens (including phenoxy) is 2. The maximum Gasteiger partial charge on any atom is 0.214 e. The molecule has 2 heterocycles. The molecule has 0 unspecified atom stereocenters. The van der Waals surface area contributed by atoms with Gasteiger partial charge in [0.05, 0.1) is 25.5 Å². The third-order valence-electron chi connectivity index (χ3n) is 3.13. The molecular formula is C11H21NO4S. The van der Waals surface area contributed by atoms with Gasteiger partial charge in [-0.15, -0.1) is 0 Å². The summed E-state index contributed by atoms with van der Waals surface area (Å²) < 4.78 is 37.0. The number of hydrogen-bond donors (Lipinski definition) is 0. The highest BCUT2D eigenvalue weighted by atomic mass is 32.2. The Labute approximate surface area is 103 Å². The fourth-order valence-corrected chi connectivity index (χ4v) is 4.30. The quantitative estimate of drug-likeness (QED) is 0.756. The fraction of sp³-hybridized carbons (Fsp3) is 1.00. The Kier molecular flexibility index (Phi) is 3.77. The molecule has 0 bridgehead atoms. The summed E-state index contributed by atoms with van der Waals surface area (Å²) in [6, 6.07) is 0. The van der Waals surface area contributed by atoms with Crippen LogP contribution in [-0.2, 0) is 19.5 Å². The fourth-order valence-electron chi connectivity index (χ4n) is 2.45. The summed E-state index contributed by atoms with van der Waals surface area (Å²) in [4.78, 5) is 0. The molecule has 0 N–H and O–H groups in total. The van der Waals surface area contributed by atoms with Crippen molar-refractivity contribution in [1.29, 1.82) is 0 Å². The largest absolute Gasteiger partial charge is 0.346 e. The lowest BCUT2D eigenvalue weighted by atomic mass is 10.1. The second-order valence-electron chi connectivity index (χ2n) is 5.22. The van der Waals surface area contributed by atoms with E-state index in [0.29, 0.717) is 26.3 Å². The zero-order valence-electron chi connectivity index (χ0n) is 10.5. The summed E-state index contributed by atoms with van der Waals surface area (Å²) >= 11 is 0. The van der Waals surface area contributed by atoms with Gasteiger partial charge in [0.1, 0.15) is 0 Å². The van der Waals surface area contributed by atoms with Gasteiger partial charge in [0.25, 0.3) is 0 Å². The first-order valence-corrected chi connectivity index (χ1v) is 7.80. The van der Waals surface area contributed by atoms with Gasteiger partial charge in [-0.1, -0.05) is 13.8 Å². The van der Waals surface area contributed by atoms with Crippen LogP contribution in [0.3, 0.4) is 0 Å². The third-order valence-corrected chi connectivity index (χ3v) is 5.32. The van der Waals surface area contributed by atoms with Crippen molar-refractivity contribution in [3.8, 4) is 0 Å². The number of rotatable bonds is 3. The van der Waals surface area contributed by atoms with E-state index in [1.54, 1.807) is 0 Å². The van der Waals surface area contributed by atoms with Crippen molar-refractivity contribution in [2.75, 3.05) is 32.1 Å². The molecule has 0 aromatic carbocycles. The van der Waals surface area contributed by atoms with Crippen LogP contribution in [0, 0.1) is 5.92 Å². The van der Waals surface area contributed by atoms with E-state index < -0.39 is 15.8 Å². The van der Waals surface area contributed by atoms with Crippen molar-refractivity contribution in [2.24, 2.45) is 5.92 Å². The average Bonchev–Trinajstić information content (AvgIpc) is 2.64. The molecule has 0 saturated carbocycles. The van der Waals surface area contributed by atoms with Gasteiger partial charge in [-0.3, -0.25) is 0 Å². The maximum absolute atomic E-state index is 12.2. The van der Waals surface area contributed by atoms with E-state index >= 15 is 0 Å². The van der Waals surface area contributed by atoms with Crippen LogP contribution >= 0.6 is 0 Å². The first-order valence-electron chi connectivity index (χ1n) is 6.19. The molecule has 2 aliphatic heterocycles. The average molecular weight is 263 g/mol. The number of nitrogens with zero attached hydrogens (tertiary/aromatic N) is 1. The Morgan fingerprint density at radius 2 is 1.94 bits per heavy atom. The van der Waals surface area contributed by atoms with Crippen molar-refractivity contribution < 1.29 is 17.9 Å². The van der Waals surface area contributed by atoms with E-state index in [0.717, 1.165) is 12.8 Å². The summed E-state index contributed by atoms with van der Waals surface area (Å²) in [5.41, 5.74) is 0. The number of sulfonamides is 1. The van der Waals surface area contributed by atoms with Gasteiger partial charge in [-0.05, 0) is 12.3 Å². The van der Waals surface area contributed by atoms with Crippen molar-refractivity contribution in [1.82, 2.24) is 4.31 Å². The Morgan fingerprint density at radius 1 is 1.29 bits per heavy atom. The molecule has 0 aromatic heterocycles. The lowest BCUT2D eigenvalue weighted by molar-refractivity contribution is -0.179. The first kappa shape index (κ1) is 13.3. The smallest absolute Gasteiger partial charge is 0.214 e. The van der Waals surface area contributed by atoms with Crippen LogP contribution in [0.2, 0.25) is 0 Å². The second-order valence-corrected chi connectivity index (χ2v) is 7.23. The van der Waals surface area contributed by atoms with Crippen LogP contribution < -0.4 is 0 Å². The normalized spacial score (nSPS) is 25.8. The van der Waals surface area contributed by atoms with Crippen LogP contribution in [0.15, 0.2) is 0 Å². The Morgan fingerprint density at radius 3 is 2.53 bits per heavy atom. The molecule has 0 aromatic rings. The topological polar surface area (TPSA) is 55.8 Å². The summed E-state index contributed by atoms with van der Waals surface area (Å²) in [6.45, 7) is 5.90. The van der Waals surface area contributed by atoms with Gasteiger partial charge in [-0.2, -0.15) is 4.31 Å². The Hall–Kier alpha value is -0.170. The molecule has 5 nitrogen and oxygen atoms in total. The molecule has 6 heteroatoms. The lowest BCUT2D eigenvalue weighted by Crippen LogP contribution is -2.51. The van der Waals surface area contributed by atoms with E-state index in [1.165, 1.54) is 4.31 Å². The van der Waals surface area contributed by atoms with Crippen molar-refractivity contribution >= 4 is 10.0 Å². The maximum atomic E-state index is 12.2. The molecule has 17 heavy (non-hydrogen) atoms. The SMILES string of the molecule is CC(C)CS(=O)(=O)N1CCCC2(C1)OCCO2. The monoisotopic (exact) mass is 263 g/mol. The lowest BCUT2D eigenvalue weighted by Gasteiger charge is -2.38. The van der Waals surface area contributed by atoms with E-state index in [-0.39, 0.29) is 11.7 Å². The Balaban J connectivity index is 2.06. The van der Waals surface area contributed by atoms with Crippen LogP contribution in [0.5, 0.6) is 0 Å². The number of piperidine rings is 1. The van der Waals surface area contributed by atoms with E-state index in [9.17, 15) is 8.42 Å². The second kappa shape index (κ2) is 4.84. The van der Waals surface area contributed by atoms with Gasteiger partial charge >= 0.3 is 0 Å². The zero-order chi connectivity index (χ0) is 12.5. The van der Waals surface area contributed by atoms with Crippen LogP contribution in [0.4, 0.5) is 0 Å². The predicted octanol–water partition coefficient (Wildman–Crippen LogP) is 0.811. The molecule has 2 aliphatic rings. The van der Waals surface area contributed by atoms with E-state index in [1.807, 2.05) is 13.8 Å². The molecule has 0 radical (unpaired) electrons. The highest BCUT2D eigenvalue weighted by Gasteiger charge is 2.43. The minimum absolute atomic E-state index is 0.142. The van der Waals surface area contributed by atoms with Crippen molar-refractivity contribution in [3.05, 3.63) is 0 Å². The summed E-state index contributed by atoms with van der Waals surface area (Å²) in [5, 5.41) is 0. The van der Waals surface area contributed by atoms with Gasteiger partial charge in [-0.25, -0.2) is 8.42 Å². The minimum atomic E-state index is -3.17. The van der Waals surface area contributed by atoms with Gasteiger partial charge in [0.15, 0.2) is 5.79 Å². The van der Waals surface area contributed by atoms with Crippen LogP contribution in [0.1, 0.15) is 26.7 Å². The molecule has 100 valence electrons. The molecule has 1 spiro atoms. The molecule has 0 amide bonds. The van der Waals surface area contributed by atoms with Gasteiger partial charge in [0.2, 0.25) is 10.0 Å². The highest BCUT2D eigenvalue weighted by molar-refractivity contribution is 7.89. The van der Waals surface area contributed by atoms with Gasteiger partial charge < -0.3 is 9.47 Å². The predicted molar refractivity (Wildman–Crippen MR) is 64.1 cm³/mol. The van der Waals surface area contributed by atoms with Crippen molar-refractivity contribution in [3.63, 3.8) is 0 Å². The molecule has 0 atom stereocenters. The molecule has 2 rings (SSSR count). The van der Waals surface area contributed by atoms with Crippen LogP contribution in [0.25, 0.3) is 0 Å². The van der Waals surface area contributed by atoms with Gasteiger partial charge in [0, 0.05) is 13.0 Å². The van der Waals surface area contributed by atoms with E-state index in [2.05, 4.69) is 0 Å². The van der Waals surface area contributed by atoms with E-state index in [4.69, 9.17) is 9.47 Å². The summed E-state index contributed by atoms with van der Waals surface area (Å²) in [5.74, 6) is -0.325. The standard InChI is InChI=1S/C11H21NO4S/c1-10(2)8-17(13,14)12-5-3-4-11(9-12)15-6-7-16-11/h10H,3-9H2,1-2H3. The minimum Gasteiger partial charge on any atom is -0.346 e. The molecular weight excluding hydrogens is 242 g/mol. The molecule has 2 fully saturated rings. The molecule has 2 saturated heterocycles. The van der Waals surface area contributed by atoms with Crippen LogP contribution in [-0.4, -0.2) is 50.6 Å². The summed E-state index contributed by atoms with van der Waals surface area (Å²) in [7, 11) is -3.17. The Bertz CT molecular complexity index is 360. The third kappa shape index (κ3) is 2.99. The molecule has 0 aliphatic carbocycles. The first-order chi connectivity index (χ1) is 7.94. The summed E-state index contributed by atoms with van der Waals surface area (Å²) in [6.07, 6.45) is 1.60. The zero-order valence-corrected chi connectivity index (χ0v) is 11.3. The highest BCUT2D eigenvalue weighted by Crippen LogP contribution is 2.31. The number of hydrogen-bond acceptors (Lipinski definition) is 4.